The summed E-state index contributed by atoms with van der Waals surface area (Å²) in [6, 6.07) is 10.9. The molecule has 0 aliphatic carbocycles. The van der Waals surface area contributed by atoms with Crippen molar-refractivity contribution in [2.24, 2.45) is 0 Å². The molecule has 0 radical (unpaired) electrons. The van der Waals surface area contributed by atoms with Gasteiger partial charge in [0.05, 0.1) is 0 Å². The molecule has 2 aromatic heterocycles. The van der Waals surface area contributed by atoms with E-state index in [1.807, 2.05) is 31.2 Å². The predicted molar refractivity (Wildman–Crippen MR) is 68.7 cm³/mol. The van der Waals surface area contributed by atoms with Crippen LogP contribution in [0.3, 0.4) is 0 Å². The molecule has 3 aromatic rings. The Balaban J connectivity index is 2.06. The number of aliphatic hydroxyl groups is 1. The van der Waals surface area contributed by atoms with Crippen LogP contribution in [-0.2, 0) is 0 Å². The number of furan rings is 2. The molecule has 1 N–H and O–H groups in total. The fourth-order valence-corrected chi connectivity index (χ4v) is 2.13. The third-order valence-electron chi connectivity index (χ3n) is 2.89. The summed E-state index contributed by atoms with van der Waals surface area (Å²) in [6.07, 6.45) is -0.940. The van der Waals surface area contributed by atoms with Gasteiger partial charge in [-0.05, 0) is 42.3 Å². The number of hydrogen-bond donors (Lipinski definition) is 1. The first-order chi connectivity index (χ1) is 8.65. The van der Waals surface area contributed by atoms with Gasteiger partial charge in [-0.2, -0.15) is 0 Å². The molecule has 18 heavy (non-hydrogen) atoms. The lowest BCUT2D eigenvalue weighted by Gasteiger charge is -2.02. The zero-order valence-corrected chi connectivity index (χ0v) is 10.4. The lowest BCUT2D eigenvalue weighted by atomic mass is 10.1. The number of aryl methyl sites for hydroxylation is 1. The standard InChI is InChI=1S/C14H11ClO3/c1-8-3-2-4-9-7-11(18-14(8)9)13(16)10-5-6-12(15)17-10/h2-7,13,16H,1H3. The fourth-order valence-electron chi connectivity index (χ4n) is 1.98. The van der Waals surface area contributed by atoms with Crippen molar-refractivity contribution in [1.29, 1.82) is 0 Å². The van der Waals surface area contributed by atoms with Gasteiger partial charge in [0.15, 0.2) is 11.3 Å². The van der Waals surface area contributed by atoms with E-state index < -0.39 is 6.10 Å². The molecule has 1 unspecified atom stereocenters. The van der Waals surface area contributed by atoms with Crippen LogP contribution in [0.25, 0.3) is 11.0 Å². The van der Waals surface area contributed by atoms with Crippen molar-refractivity contribution in [3.63, 3.8) is 0 Å². The van der Waals surface area contributed by atoms with Gasteiger partial charge in [0.1, 0.15) is 17.1 Å². The Morgan fingerprint density at radius 3 is 2.61 bits per heavy atom. The summed E-state index contributed by atoms with van der Waals surface area (Å²) in [5.41, 5.74) is 1.81. The largest absolute Gasteiger partial charge is 0.458 e. The third kappa shape index (κ3) is 1.82. The normalized spacial score (nSPS) is 13.1. The molecule has 1 aromatic carbocycles. The van der Waals surface area contributed by atoms with E-state index in [-0.39, 0.29) is 5.22 Å². The van der Waals surface area contributed by atoms with Crippen molar-refractivity contribution < 1.29 is 13.9 Å². The summed E-state index contributed by atoms with van der Waals surface area (Å²) < 4.78 is 10.9. The Labute approximate surface area is 109 Å². The van der Waals surface area contributed by atoms with Gasteiger partial charge in [-0.25, -0.2) is 0 Å². The van der Waals surface area contributed by atoms with E-state index in [9.17, 15) is 5.11 Å². The van der Waals surface area contributed by atoms with Crippen molar-refractivity contribution in [1.82, 2.24) is 0 Å². The van der Waals surface area contributed by atoms with Crippen LogP contribution in [0.1, 0.15) is 23.2 Å². The van der Waals surface area contributed by atoms with Crippen molar-refractivity contribution in [3.05, 3.63) is 58.7 Å². The fraction of sp³-hybridized carbons (Fsp3) is 0.143. The molecule has 0 saturated heterocycles. The van der Waals surface area contributed by atoms with E-state index in [0.29, 0.717) is 11.5 Å². The van der Waals surface area contributed by atoms with Crippen molar-refractivity contribution in [3.8, 4) is 0 Å². The molecular formula is C14H11ClO3. The zero-order chi connectivity index (χ0) is 12.7. The lowest BCUT2D eigenvalue weighted by molar-refractivity contribution is 0.165. The predicted octanol–water partition coefficient (Wildman–Crippen LogP) is 4.07. The summed E-state index contributed by atoms with van der Waals surface area (Å²) in [6.45, 7) is 1.96. The number of rotatable bonds is 2. The van der Waals surface area contributed by atoms with Gasteiger partial charge in [0.2, 0.25) is 0 Å². The average Bonchev–Trinajstić information content (AvgIpc) is 2.95. The molecule has 3 rings (SSSR count). The van der Waals surface area contributed by atoms with E-state index in [2.05, 4.69) is 0 Å². The smallest absolute Gasteiger partial charge is 0.193 e. The first-order valence-corrected chi connectivity index (χ1v) is 5.95. The van der Waals surface area contributed by atoms with Gasteiger partial charge in [0, 0.05) is 5.39 Å². The molecule has 3 nitrogen and oxygen atoms in total. The monoisotopic (exact) mass is 262 g/mol. The van der Waals surface area contributed by atoms with Gasteiger partial charge in [0.25, 0.3) is 0 Å². The Hall–Kier alpha value is -1.71. The molecule has 0 fully saturated rings. The van der Waals surface area contributed by atoms with Crippen LogP contribution >= 0.6 is 11.6 Å². The summed E-state index contributed by atoms with van der Waals surface area (Å²) in [5.74, 6) is 0.821. The highest BCUT2D eigenvalue weighted by Gasteiger charge is 2.19. The molecule has 92 valence electrons. The molecule has 0 spiro atoms. The van der Waals surface area contributed by atoms with Gasteiger partial charge >= 0.3 is 0 Å². The zero-order valence-electron chi connectivity index (χ0n) is 9.68. The van der Waals surface area contributed by atoms with Crippen LogP contribution in [0.15, 0.2) is 45.2 Å². The van der Waals surface area contributed by atoms with Crippen molar-refractivity contribution in [2.75, 3.05) is 0 Å². The highest BCUT2D eigenvalue weighted by atomic mass is 35.5. The SMILES string of the molecule is Cc1cccc2cc(C(O)c3ccc(Cl)o3)oc12. The average molecular weight is 263 g/mol. The maximum absolute atomic E-state index is 10.2. The topological polar surface area (TPSA) is 46.5 Å². The minimum Gasteiger partial charge on any atom is -0.458 e. The summed E-state index contributed by atoms with van der Waals surface area (Å²) >= 11 is 5.69. The second-order valence-electron chi connectivity index (χ2n) is 4.19. The molecule has 2 heterocycles. The number of aliphatic hydroxyl groups excluding tert-OH is 1. The van der Waals surface area contributed by atoms with Crippen molar-refractivity contribution >= 4 is 22.6 Å². The Morgan fingerprint density at radius 2 is 1.94 bits per heavy atom. The molecular weight excluding hydrogens is 252 g/mol. The molecule has 0 amide bonds. The molecule has 0 aliphatic rings. The maximum atomic E-state index is 10.2. The number of benzene rings is 1. The maximum Gasteiger partial charge on any atom is 0.193 e. The lowest BCUT2D eigenvalue weighted by Crippen LogP contribution is -1.95. The van der Waals surface area contributed by atoms with Crippen LogP contribution in [0.5, 0.6) is 0 Å². The number of halogens is 1. The first kappa shape index (κ1) is 11.4. The van der Waals surface area contributed by atoms with E-state index >= 15 is 0 Å². The van der Waals surface area contributed by atoms with E-state index in [1.54, 1.807) is 12.1 Å². The van der Waals surface area contributed by atoms with Crippen LogP contribution in [0, 0.1) is 6.92 Å². The minimum absolute atomic E-state index is 0.247. The molecule has 0 bridgehead atoms. The van der Waals surface area contributed by atoms with Gasteiger partial charge in [-0.1, -0.05) is 18.2 Å². The molecule has 1 atom stereocenters. The van der Waals surface area contributed by atoms with Crippen LogP contribution in [-0.4, -0.2) is 5.11 Å². The Kier molecular flexibility index (Phi) is 2.65. The number of fused-ring (bicyclic) bond motifs is 1. The van der Waals surface area contributed by atoms with Crippen LogP contribution < -0.4 is 0 Å². The molecule has 0 aliphatic heterocycles. The van der Waals surface area contributed by atoms with Gasteiger partial charge in [-0.15, -0.1) is 0 Å². The van der Waals surface area contributed by atoms with Crippen LogP contribution in [0.2, 0.25) is 5.22 Å². The van der Waals surface area contributed by atoms with E-state index in [4.69, 9.17) is 20.4 Å². The van der Waals surface area contributed by atoms with E-state index in [0.717, 1.165) is 16.5 Å². The summed E-state index contributed by atoms with van der Waals surface area (Å²) in [5, 5.41) is 11.4. The highest BCUT2D eigenvalue weighted by Crippen LogP contribution is 2.31. The highest BCUT2D eigenvalue weighted by molar-refractivity contribution is 6.28. The number of para-hydroxylation sites is 1. The minimum atomic E-state index is -0.940. The van der Waals surface area contributed by atoms with Crippen molar-refractivity contribution in [2.45, 2.75) is 13.0 Å². The first-order valence-electron chi connectivity index (χ1n) is 5.57. The molecule has 4 heteroatoms. The quantitative estimate of drug-likeness (QED) is 0.757. The second kappa shape index (κ2) is 4.19. The summed E-state index contributed by atoms with van der Waals surface area (Å²) in [7, 11) is 0. The van der Waals surface area contributed by atoms with Gasteiger partial charge < -0.3 is 13.9 Å². The molecule has 0 saturated carbocycles. The summed E-state index contributed by atoms with van der Waals surface area (Å²) in [4.78, 5) is 0. The third-order valence-corrected chi connectivity index (χ3v) is 3.10. The van der Waals surface area contributed by atoms with Crippen LogP contribution in [0.4, 0.5) is 0 Å². The second-order valence-corrected chi connectivity index (χ2v) is 4.56. The van der Waals surface area contributed by atoms with E-state index in [1.165, 1.54) is 0 Å². The Morgan fingerprint density at radius 1 is 1.11 bits per heavy atom. The Bertz CT molecular complexity index is 696. The van der Waals surface area contributed by atoms with Gasteiger partial charge in [-0.3, -0.25) is 0 Å². The number of hydrogen-bond acceptors (Lipinski definition) is 3.